The minimum absolute atomic E-state index is 0.0106. The van der Waals surface area contributed by atoms with Crippen LogP contribution in [-0.2, 0) is 18.4 Å². The SMILES string of the molecule is CC/C=C/n1c(N2CCC[C@@H](N)C2)nc2c1c(=O)n(CC(=O)c1ccccc1NC(=O)CC)c(=O)n2C. The Morgan fingerprint density at radius 3 is 2.68 bits per heavy atom. The number of nitrogens with one attached hydrogen (secondary N) is 1. The number of amides is 1. The lowest BCUT2D eigenvalue weighted by atomic mass is 10.1. The quantitative estimate of drug-likeness (QED) is 0.445. The van der Waals surface area contributed by atoms with Gasteiger partial charge in [-0.2, -0.15) is 4.98 Å². The molecule has 11 nitrogen and oxygen atoms in total. The van der Waals surface area contributed by atoms with E-state index in [4.69, 9.17) is 5.73 Å². The third kappa shape index (κ3) is 5.12. The number of hydrogen-bond acceptors (Lipinski definition) is 7. The molecule has 1 atom stereocenters. The fraction of sp³-hybridized carbons (Fsp3) is 0.423. The molecule has 1 amide bonds. The van der Waals surface area contributed by atoms with E-state index in [0.29, 0.717) is 18.2 Å². The van der Waals surface area contributed by atoms with Gasteiger partial charge in [-0.15, -0.1) is 0 Å². The molecule has 11 heteroatoms. The predicted molar refractivity (Wildman–Crippen MR) is 144 cm³/mol. The van der Waals surface area contributed by atoms with Crippen LogP contribution in [0, 0.1) is 0 Å². The molecule has 3 heterocycles. The van der Waals surface area contributed by atoms with Crippen molar-refractivity contribution in [2.24, 2.45) is 12.8 Å². The number of nitrogens with two attached hydrogens (primary N) is 1. The van der Waals surface area contributed by atoms with Gasteiger partial charge in [0, 0.05) is 44.4 Å². The Hall–Kier alpha value is -3.99. The molecule has 3 N–H and O–H groups in total. The normalized spacial score (nSPS) is 16.0. The zero-order chi connectivity index (χ0) is 26.7. The maximum atomic E-state index is 13.7. The van der Waals surface area contributed by atoms with Crippen molar-refractivity contribution in [1.82, 2.24) is 18.7 Å². The van der Waals surface area contributed by atoms with Crippen LogP contribution in [0.4, 0.5) is 11.6 Å². The zero-order valence-corrected chi connectivity index (χ0v) is 21.4. The van der Waals surface area contributed by atoms with Crippen LogP contribution in [-0.4, -0.2) is 49.5 Å². The molecule has 0 saturated carbocycles. The summed E-state index contributed by atoms with van der Waals surface area (Å²) in [6.07, 6.45) is 6.47. The summed E-state index contributed by atoms with van der Waals surface area (Å²) >= 11 is 0. The van der Waals surface area contributed by atoms with Crippen molar-refractivity contribution in [2.45, 2.75) is 52.1 Å². The van der Waals surface area contributed by atoms with E-state index in [1.165, 1.54) is 11.6 Å². The third-order valence-corrected chi connectivity index (χ3v) is 6.51. The van der Waals surface area contributed by atoms with Crippen LogP contribution in [0.15, 0.2) is 39.9 Å². The highest BCUT2D eigenvalue weighted by Gasteiger charge is 2.26. The highest BCUT2D eigenvalue weighted by Crippen LogP contribution is 2.23. The Kier molecular flexibility index (Phi) is 7.72. The van der Waals surface area contributed by atoms with Crippen molar-refractivity contribution in [3.8, 4) is 0 Å². The molecule has 1 aliphatic heterocycles. The van der Waals surface area contributed by atoms with Crippen LogP contribution < -0.4 is 27.2 Å². The summed E-state index contributed by atoms with van der Waals surface area (Å²) in [5.41, 5.74) is 5.95. The predicted octanol–water partition coefficient (Wildman–Crippen LogP) is 1.94. The molecule has 0 spiro atoms. The summed E-state index contributed by atoms with van der Waals surface area (Å²) in [5.74, 6) is -0.173. The highest BCUT2D eigenvalue weighted by molar-refractivity contribution is 6.04. The number of aromatic nitrogens is 4. The van der Waals surface area contributed by atoms with Gasteiger partial charge in [0.05, 0.1) is 12.2 Å². The number of imidazole rings is 1. The van der Waals surface area contributed by atoms with Gasteiger partial charge in [-0.05, 0) is 31.4 Å². The van der Waals surface area contributed by atoms with Crippen molar-refractivity contribution in [2.75, 3.05) is 23.3 Å². The fourth-order valence-electron chi connectivity index (χ4n) is 4.54. The van der Waals surface area contributed by atoms with Crippen molar-refractivity contribution in [1.29, 1.82) is 0 Å². The molecule has 0 bridgehead atoms. The van der Waals surface area contributed by atoms with Gasteiger partial charge in [0.15, 0.2) is 16.9 Å². The second-order valence-electron chi connectivity index (χ2n) is 9.20. The van der Waals surface area contributed by atoms with Crippen LogP contribution in [0.25, 0.3) is 17.4 Å². The molecule has 1 fully saturated rings. The van der Waals surface area contributed by atoms with Gasteiger partial charge in [0.25, 0.3) is 5.56 Å². The molecule has 4 rings (SSSR count). The number of aryl methyl sites for hydroxylation is 1. The van der Waals surface area contributed by atoms with Crippen molar-refractivity contribution in [3.63, 3.8) is 0 Å². The molecule has 196 valence electrons. The summed E-state index contributed by atoms with van der Waals surface area (Å²) in [7, 11) is 1.53. The maximum absolute atomic E-state index is 13.7. The average molecular weight is 508 g/mol. The monoisotopic (exact) mass is 507 g/mol. The summed E-state index contributed by atoms with van der Waals surface area (Å²) in [4.78, 5) is 58.9. The van der Waals surface area contributed by atoms with Crippen LogP contribution in [0.5, 0.6) is 0 Å². The second kappa shape index (κ2) is 11.0. The molecule has 1 aliphatic rings. The van der Waals surface area contributed by atoms with Gasteiger partial charge in [-0.25, -0.2) is 4.79 Å². The average Bonchev–Trinajstić information content (AvgIpc) is 3.28. The smallest absolute Gasteiger partial charge is 0.332 e. The van der Waals surface area contributed by atoms with E-state index < -0.39 is 23.6 Å². The lowest BCUT2D eigenvalue weighted by molar-refractivity contribution is -0.115. The molecule has 0 aliphatic carbocycles. The van der Waals surface area contributed by atoms with Gasteiger partial charge >= 0.3 is 5.69 Å². The number of ketones is 1. The van der Waals surface area contributed by atoms with Gasteiger partial charge in [-0.3, -0.25) is 28.1 Å². The summed E-state index contributed by atoms with van der Waals surface area (Å²) in [6, 6.07) is 6.53. The second-order valence-corrected chi connectivity index (χ2v) is 9.20. The number of piperidine rings is 1. The van der Waals surface area contributed by atoms with Gasteiger partial charge in [0.2, 0.25) is 11.9 Å². The number of carbonyl (C=O) groups excluding carboxylic acids is 2. The Balaban J connectivity index is 1.83. The fourth-order valence-corrected chi connectivity index (χ4v) is 4.54. The minimum Gasteiger partial charge on any atom is -0.340 e. The lowest BCUT2D eigenvalue weighted by Gasteiger charge is -2.31. The van der Waals surface area contributed by atoms with Gasteiger partial charge in [-0.1, -0.05) is 32.1 Å². The highest BCUT2D eigenvalue weighted by atomic mass is 16.2. The number of carbonyl (C=O) groups is 2. The molecular weight excluding hydrogens is 474 g/mol. The number of Topliss-reactive ketones (excluding diaryl/α,β-unsaturated/α-hetero) is 1. The van der Waals surface area contributed by atoms with Crippen molar-refractivity contribution in [3.05, 3.63) is 56.7 Å². The van der Waals surface area contributed by atoms with Crippen LogP contribution in [0.1, 0.15) is 49.9 Å². The number of benzene rings is 1. The number of fused-ring (bicyclic) bond motifs is 1. The van der Waals surface area contributed by atoms with E-state index in [1.807, 2.05) is 17.9 Å². The van der Waals surface area contributed by atoms with Gasteiger partial charge < -0.3 is 16.0 Å². The standard InChI is InChI=1S/C26H33N7O4/c1-4-6-14-32-22-23(29-25(32)31-13-9-10-17(27)15-31)30(3)26(37)33(24(22)36)16-20(34)18-11-7-8-12-19(18)28-21(35)5-2/h6-8,11-12,14,17H,4-5,9-10,13,15-16,27H2,1-3H3,(H,28,35)/b14-6+/t17-/m1/s1. The Labute approximate surface area is 214 Å². The number of para-hydroxylation sites is 1. The summed E-state index contributed by atoms with van der Waals surface area (Å²) in [5, 5.41) is 2.70. The molecule has 37 heavy (non-hydrogen) atoms. The van der Waals surface area contributed by atoms with Crippen LogP contribution in [0.3, 0.4) is 0 Å². The molecule has 0 radical (unpaired) electrons. The largest absolute Gasteiger partial charge is 0.340 e. The minimum atomic E-state index is -0.646. The molecule has 1 saturated heterocycles. The number of allylic oxidation sites excluding steroid dienone is 1. The first-order valence-corrected chi connectivity index (χ1v) is 12.6. The van der Waals surface area contributed by atoms with Crippen molar-refractivity contribution >= 4 is 40.7 Å². The Bertz CT molecular complexity index is 1480. The van der Waals surface area contributed by atoms with Crippen LogP contribution in [0.2, 0.25) is 0 Å². The lowest BCUT2D eigenvalue weighted by Crippen LogP contribution is -2.43. The molecule has 3 aromatic rings. The van der Waals surface area contributed by atoms with E-state index in [0.717, 1.165) is 30.4 Å². The first-order valence-electron chi connectivity index (χ1n) is 12.6. The molecule has 1 aromatic carbocycles. The summed E-state index contributed by atoms with van der Waals surface area (Å²) < 4.78 is 3.90. The molecule has 2 aromatic heterocycles. The Morgan fingerprint density at radius 2 is 1.97 bits per heavy atom. The zero-order valence-electron chi connectivity index (χ0n) is 21.4. The first kappa shape index (κ1) is 26.1. The first-order chi connectivity index (χ1) is 17.8. The van der Waals surface area contributed by atoms with Crippen molar-refractivity contribution < 1.29 is 9.59 Å². The van der Waals surface area contributed by atoms with E-state index >= 15 is 0 Å². The van der Waals surface area contributed by atoms with E-state index in [-0.39, 0.29) is 35.1 Å². The summed E-state index contributed by atoms with van der Waals surface area (Å²) in [6.45, 7) is 4.53. The maximum Gasteiger partial charge on any atom is 0.332 e. The topological polar surface area (TPSA) is 137 Å². The van der Waals surface area contributed by atoms with Crippen LogP contribution >= 0.6 is 0 Å². The number of nitrogens with zero attached hydrogens (tertiary/aromatic N) is 5. The van der Waals surface area contributed by atoms with E-state index in [9.17, 15) is 19.2 Å². The molecular formula is C26H33N7O4. The number of anilines is 2. The van der Waals surface area contributed by atoms with E-state index in [2.05, 4.69) is 10.3 Å². The Morgan fingerprint density at radius 1 is 1.22 bits per heavy atom. The number of rotatable bonds is 8. The number of hydrogen-bond donors (Lipinski definition) is 2. The van der Waals surface area contributed by atoms with Gasteiger partial charge in [0.1, 0.15) is 0 Å². The molecule has 0 unspecified atom stereocenters. The van der Waals surface area contributed by atoms with E-state index in [1.54, 1.807) is 42.0 Å². The third-order valence-electron chi connectivity index (χ3n) is 6.51.